The van der Waals surface area contributed by atoms with Crippen LogP contribution in [-0.4, -0.2) is 27.4 Å². The lowest BCUT2D eigenvalue weighted by atomic mass is 10.3. The normalized spacial score (nSPS) is 11.3. The van der Waals surface area contributed by atoms with E-state index in [1.165, 1.54) is 0 Å². The van der Waals surface area contributed by atoms with Gasteiger partial charge in [0.2, 0.25) is 15.9 Å². The van der Waals surface area contributed by atoms with Crippen LogP contribution in [0.1, 0.15) is 13.3 Å². The molecule has 1 amide bonds. The zero-order chi connectivity index (χ0) is 15.3. The van der Waals surface area contributed by atoms with Gasteiger partial charge in [0.1, 0.15) is 11.6 Å². The van der Waals surface area contributed by atoms with Crippen LogP contribution < -0.4 is 15.8 Å². The maximum Gasteiger partial charge on any atom is 0.246 e. The fraction of sp³-hybridized carbons (Fsp3) is 0.364. The van der Waals surface area contributed by atoms with E-state index >= 15 is 0 Å². The fourth-order valence-corrected chi connectivity index (χ4v) is 2.64. The van der Waals surface area contributed by atoms with Gasteiger partial charge < -0.3 is 11.1 Å². The molecule has 1 rings (SSSR count). The monoisotopic (exact) mass is 307 g/mol. The van der Waals surface area contributed by atoms with Crippen LogP contribution in [0.5, 0.6) is 0 Å². The Morgan fingerprint density at radius 2 is 1.85 bits per heavy atom. The van der Waals surface area contributed by atoms with Gasteiger partial charge >= 0.3 is 0 Å². The van der Waals surface area contributed by atoms with E-state index in [9.17, 15) is 22.0 Å². The third kappa shape index (κ3) is 4.14. The first-order chi connectivity index (χ1) is 9.27. The summed E-state index contributed by atoms with van der Waals surface area (Å²) in [6, 6.07) is 1.42. The van der Waals surface area contributed by atoms with Crippen molar-refractivity contribution in [3.05, 3.63) is 23.8 Å². The van der Waals surface area contributed by atoms with Crippen molar-refractivity contribution in [3.8, 4) is 0 Å². The van der Waals surface area contributed by atoms with E-state index in [1.807, 2.05) is 4.72 Å². The highest BCUT2D eigenvalue weighted by molar-refractivity contribution is 7.89. The van der Waals surface area contributed by atoms with Crippen LogP contribution in [0.3, 0.4) is 0 Å². The summed E-state index contributed by atoms with van der Waals surface area (Å²) >= 11 is 0. The maximum absolute atomic E-state index is 13.5. The number of hydrogen-bond acceptors (Lipinski definition) is 4. The average Bonchev–Trinajstić information content (AvgIpc) is 2.26. The van der Waals surface area contributed by atoms with Crippen LogP contribution >= 0.6 is 0 Å². The number of sulfonamides is 1. The lowest BCUT2D eigenvalue weighted by Crippen LogP contribution is -2.31. The molecule has 1 aromatic carbocycles. The standard InChI is InChI=1S/C11H15F2N3O3S/c1-2-15-10(17)3-4-16-20(18,19)11-8(12)5-7(14)6-9(11)13/h5-6,16H,2-4,14H2,1H3,(H,15,17). The highest BCUT2D eigenvalue weighted by Gasteiger charge is 2.24. The minimum absolute atomic E-state index is 0.134. The molecule has 0 aliphatic carbocycles. The van der Waals surface area contributed by atoms with E-state index in [2.05, 4.69) is 5.32 Å². The summed E-state index contributed by atoms with van der Waals surface area (Å²) in [6.45, 7) is 1.85. The summed E-state index contributed by atoms with van der Waals surface area (Å²) in [4.78, 5) is 10.0. The molecule has 0 saturated heterocycles. The summed E-state index contributed by atoms with van der Waals surface area (Å²) in [5.74, 6) is -2.94. The minimum Gasteiger partial charge on any atom is -0.399 e. The van der Waals surface area contributed by atoms with E-state index in [4.69, 9.17) is 5.73 Å². The van der Waals surface area contributed by atoms with Gasteiger partial charge in [0.05, 0.1) is 0 Å². The van der Waals surface area contributed by atoms with E-state index < -0.39 is 26.6 Å². The summed E-state index contributed by atoms with van der Waals surface area (Å²) in [5, 5.41) is 2.46. The average molecular weight is 307 g/mol. The molecule has 6 nitrogen and oxygen atoms in total. The molecule has 4 N–H and O–H groups in total. The number of amides is 1. The zero-order valence-corrected chi connectivity index (χ0v) is 11.6. The van der Waals surface area contributed by atoms with Crippen LogP contribution in [0.15, 0.2) is 17.0 Å². The van der Waals surface area contributed by atoms with E-state index in [-0.39, 0.29) is 24.6 Å². The van der Waals surface area contributed by atoms with E-state index in [0.717, 1.165) is 0 Å². The molecule has 0 aromatic heterocycles. The van der Waals surface area contributed by atoms with Crippen molar-refractivity contribution in [3.63, 3.8) is 0 Å². The molecular weight excluding hydrogens is 292 g/mol. The molecule has 0 fully saturated rings. The Labute approximate surface area is 115 Å². The number of halogens is 2. The van der Waals surface area contributed by atoms with Gasteiger partial charge in [-0.05, 0) is 19.1 Å². The third-order valence-corrected chi connectivity index (χ3v) is 3.82. The third-order valence-electron chi connectivity index (χ3n) is 2.31. The van der Waals surface area contributed by atoms with Crippen LogP contribution in [-0.2, 0) is 14.8 Å². The molecule has 0 unspecified atom stereocenters. The molecule has 0 bridgehead atoms. The summed E-state index contributed by atoms with van der Waals surface area (Å²) in [7, 11) is -4.38. The van der Waals surface area contributed by atoms with Gasteiger partial charge in [0.15, 0.2) is 4.90 Å². The summed E-state index contributed by atoms with van der Waals surface area (Å²) in [5.41, 5.74) is 4.98. The van der Waals surface area contributed by atoms with Gasteiger partial charge in [0, 0.05) is 25.2 Å². The fourth-order valence-electron chi connectivity index (χ4n) is 1.49. The lowest BCUT2D eigenvalue weighted by Gasteiger charge is -2.09. The maximum atomic E-state index is 13.5. The number of carbonyl (C=O) groups excluding carboxylic acids is 1. The molecule has 0 atom stereocenters. The summed E-state index contributed by atoms with van der Waals surface area (Å²) < 4.78 is 52.5. The molecule has 0 saturated carbocycles. The second-order valence-corrected chi connectivity index (χ2v) is 5.62. The molecular formula is C11H15F2N3O3S. The Balaban J connectivity index is 2.82. The molecule has 0 spiro atoms. The van der Waals surface area contributed by atoms with Crippen LogP contribution in [0, 0.1) is 11.6 Å². The molecule has 0 aliphatic rings. The lowest BCUT2D eigenvalue weighted by molar-refractivity contribution is -0.120. The molecule has 9 heteroatoms. The topological polar surface area (TPSA) is 101 Å². The molecule has 20 heavy (non-hydrogen) atoms. The van der Waals surface area contributed by atoms with E-state index in [0.29, 0.717) is 18.7 Å². The zero-order valence-electron chi connectivity index (χ0n) is 10.7. The largest absolute Gasteiger partial charge is 0.399 e. The second kappa shape index (κ2) is 6.62. The van der Waals surface area contributed by atoms with Crippen molar-refractivity contribution in [1.29, 1.82) is 0 Å². The number of anilines is 1. The summed E-state index contributed by atoms with van der Waals surface area (Å²) in [6.07, 6.45) is -0.134. The number of nitrogens with one attached hydrogen (secondary N) is 2. The molecule has 0 heterocycles. The van der Waals surface area contributed by atoms with Crippen LogP contribution in [0.2, 0.25) is 0 Å². The minimum atomic E-state index is -4.38. The first-order valence-electron chi connectivity index (χ1n) is 5.78. The number of carbonyl (C=O) groups is 1. The van der Waals surface area contributed by atoms with Crippen LogP contribution in [0.4, 0.5) is 14.5 Å². The van der Waals surface area contributed by atoms with Crippen LogP contribution in [0.25, 0.3) is 0 Å². The van der Waals surface area contributed by atoms with E-state index in [1.54, 1.807) is 6.92 Å². The molecule has 0 radical (unpaired) electrons. The number of nitrogens with two attached hydrogens (primary N) is 1. The van der Waals surface area contributed by atoms with Crippen molar-refractivity contribution in [1.82, 2.24) is 10.0 Å². The molecule has 0 aliphatic heterocycles. The van der Waals surface area contributed by atoms with Gasteiger partial charge in [-0.2, -0.15) is 0 Å². The van der Waals surface area contributed by atoms with Gasteiger partial charge in [-0.1, -0.05) is 0 Å². The molecule has 1 aromatic rings. The molecule has 112 valence electrons. The quantitative estimate of drug-likeness (QED) is 0.660. The predicted molar refractivity (Wildman–Crippen MR) is 69.3 cm³/mol. The predicted octanol–water partition coefficient (Wildman–Crippen LogP) is 0.351. The van der Waals surface area contributed by atoms with Crippen molar-refractivity contribution < 1.29 is 22.0 Å². The van der Waals surface area contributed by atoms with Crippen molar-refractivity contribution in [2.45, 2.75) is 18.2 Å². The Morgan fingerprint density at radius 3 is 2.35 bits per heavy atom. The Hall–Kier alpha value is -1.74. The Kier molecular flexibility index (Phi) is 5.40. The van der Waals surface area contributed by atoms with Gasteiger partial charge in [0.25, 0.3) is 0 Å². The van der Waals surface area contributed by atoms with Crippen molar-refractivity contribution in [2.24, 2.45) is 0 Å². The first-order valence-corrected chi connectivity index (χ1v) is 7.27. The van der Waals surface area contributed by atoms with Gasteiger partial charge in [-0.25, -0.2) is 21.9 Å². The number of rotatable bonds is 6. The van der Waals surface area contributed by atoms with Crippen molar-refractivity contribution in [2.75, 3.05) is 18.8 Å². The SMILES string of the molecule is CCNC(=O)CCNS(=O)(=O)c1c(F)cc(N)cc1F. The van der Waals surface area contributed by atoms with Crippen molar-refractivity contribution >= 4 is 21.6 Å². The number of benzene rings is 1. The Morgan fingerprint density at radius 1 is 1.30 bits per heavy atom. The van der Waals surface area contributed by atoms with Gasteiger partial charge in [-0.15, -0.1) is 0 Å². The van der Waals surface area contributed by atoms with Gasteiger partial charge in [-0.3, -0.25) is 4.79 Å². The highest BCUT2D eigenvalue weighted by Crippen LogP contribution is 2.21. The Bertz CT molecular complexity index is 582. The number of nitrogen functional groups attached to an aromatic ring is 1. The highest BCUT2D eigenvalue weighted by atomic mass is 32.2. The smallest absolute Gasteiger partial charge is 0.246 e. The first kappa shape index (κ1) is 16.3. The second-order valence-electron chi connectivity index (χ2n) is 3.91. The number of hydrogen-bond donors (Lipinski definition) is 3.